The second kappa shape index (κ2) is 7.21. The van der Waals surface area contributed by atoms with Gasteiger partial charge in [-0.3, -0.25) is 0 Å². The van der Waals surface area contributed by atoms with E-state index in [9.17, 15) is 0 Å². The lowest BCUT2D eigenvalue weighted by atomic mass is 9.89. The molecule has 4 nitrogen and oxygen atoms in total. The summed E-state index contributed by atoms with van der Waals surface area (Å²) in [5, 5.41) is 7.99. The number of aromatic nitrogens is 3. The van der Waals surface area contributed by atoms with E-state index < -0.39 is 0 Å². The van der Waals surface area contributed by atoms with Crippen molar-refractivity contribution in [3.05, 3.63) is 78.2 Å². The summed E-state index contributed by atoms with van der Waals surface area (Å²) in [6.07, 6.45) is 8.38. The highest BCUT2D eigenvalue weighted by Gasteiger charge is 2.15. The predicted octanol–water partition coefficient (Wildman–Crippen LogP) is 4.84. The van der Waals surface area contributed by atoms with Crippen molar-refractivity contribution >= 4 is 5.65 Å². The maximum Gasteiger partial charge on any atom is 0.162 e. The average Bonchev–Trinajstić information content (AvgIpc) is 3.18. The van der Waals surface area contributed by atoms with Crippen molar-refractivity contribution in [2.75, 3.05) is 13.1 Å². The first-order valence-corrected chi connectivity index (χ1v) is 9.99. The lowest BCUT2D eigenvalue weighted by Crippen LogP contribution is -2.26. The number of piperidine rings is 1. The zero-order chi connectivity index (χ0) is 18.9. The highest BCUT2D eigenvalue weighted by atomic mass is 15.2. The lowest BCUT2D eigenvalue weighted by Gasteiger charge is -2.23. The molecule has 0 spiro atoms. The van der Waals surface area contributed by atoms with Gasteiger partial charge in [-0.2, -0.15) is 5.10 Å². The third-order valence-corrected chi connectivity index (χ3v) is 5.74. The van der Waals surface area contributed by atoms with Gasteiger partial charge >= 0.3 is 0 Å². The molecule has 0 unspecified atom stereocenters. The van der Waals surface area contributed by atoms with Crippen LogP contribution in [0.25, 0.3) is 27.9 Å². The standard InChI is InChI=1S/C24H24N4/c1-17-3-2-4-21(13-17)23-15-27-28-16-22(14-26-24(23)28)19-7-5-18(6-8-19)20-9-11-25-12-10-20/h2-8,13-16,20,25H,9-12H2,1H3. The third kappa shape index (κ3) is 3.20. The van der Waals surface area contributed by atoms with Crippen molar-refractivity contribution in [3.8, 4) is 22.3 Å². The number of nitrogens with zero attached hydrogens (tertiary/aromatic N) is 3. The molecule has 4 heteroatoms. The Bertz CT molecular complexity index is 1110. The van der Waals surface area contributed by atoms with Crippen molar-refractivity contribution < 1.29 is 0 Å². The normalized spacial score (nSPS) is 15.2. The molecule has 28 heavy (non-hydrogen) atoms. The Kier molecular flexibility index (Phi) is 4.41. The average molecular weight is 368 g/mol. The van der Waals surface area contributed by atoms with Crippen molar-refractivity contribution in [1.82, 2.24) is 19.9 Å². The number of hydrogen-bond donors (Lipinski definition) is 1. The number of aryl methyl sites for hydroxylation is 1. The molecule has 0 radical (unpaired) electrons. The first kappa shape index (κ1) is 17.1. The van der Waals surface area contributed by atoms with E-state index in [1.807, 2.05) is 16.9 Å². The molecule has 4 aromatic rings. The highest BCUT2D eigenvalue weighted by molar-refractivity contribution is 5.78. The molecule has 0 bridgehead atoms. The second-order valence-corrected chi connectivity index (χ2v) is 7.68. The minimum atomic E-state index is 0.680. The van der Waals surface area contributed by atoms with Crippen molar-refractivity contribution in [3.63, 3.8) is 0 Å². The number of fused-ring (bicyclic) bond motifs is 1. The summed E-state index contributed by atoms with van der Waals surface area (Å²) in [6, 6.07) is 17.4. The quantitative estimate of drug-likeness (QED) is 0.563. The molecular weight excluding hydrogens is 344 g/mol. The van der Waals surface area contributed by atoms with Crippen LogP contribution in [0.3, 0.4) is 0 Å². The van der Waals surface area contributed by atoms with E-state index in [0.717, 1.165) is 35.4 Å². The first-order valence-electron chi connectivity index (χ1n) is 9.99. The van der Waals surface area contributed by atoms with Crippen LogP contribution in [0.4, 0.5) is 0 Å². The Morgan fingerprint density at radius 1 is 0.929 bits per heavy atom. The van der Waals surface area contributed by atoms with E-state index >= 15 is 0 Å². The van der Waals surface area contributed by atoms with E-state index in [0.29, 0.717) is 5.92 Å². The molecule has 1 aliphatic heterocycles. The van der Waals surface area contributed by atoms with Crippen molar-refractivity contribution in [2.45, 2.75) is 25.7 Å². The molecule has 0 amide bonds. The summed E-state index contributed by atoms with van der Waals surface area (Å²) in [5.74, 6) is 0.680. The Hall–Kier alpha value is -2.98. The van der Waals surface area contributed by atoms with Gasteiger partial charge in [0.25, 0.3) is 0 Å². The zero-order valence-corrected chi connectivity index (χ0v) is 16.1. The van der Waals surface area contributed by atoms with Gasteiger partial charge in [0.1, 0.15) is 0 Å². The van der Waals surface area contributed by atoms with Crippen LogP contribution in [0.2, 0.25) is 0 Å². The van der Waals surface area contributed by atoms with Gasteiger partial charge in [0.2, 0.25) is 0 Å². The fourth-order valence-corrected chi connectivity index (χ4v) is 4.14. The van der Waals surface area contributed by atoms with E-state index in [1.54, 1.807) is 0 Å². The molecule has 140 valence electrons. The molecule has 1 fully saturated rings. The SMILES string of the molecule is Cc1cccc(-c2cnn3cc(-c4ccc(C5CCNCC5)cc4)cnc23)c1. The van der Waals surface area contributed by atoms with E-state index in [-0.39, 0.29) is 0 Å². The van der Waals surface area contributed by atoms with E-state index in [2.05, 4.69) is 72.1 Å². The van der Waals surface area contributed by atoms with Crippen molar-refractivity contribution in [1.29, 1.82) is 0 Å². The molecule has 2 aromatic carbocycles. The molecule has 2 aromatic heterocycles. The van der Waals surface area contributed by atoms with Crippen LogP contribution in [0.1, 0.15) is 29.9 Å². The molecule has 3 heterocycles. The molecular formula is C24H24N4. The number of rotatable bonds is 3. The van der Waals surface area contributed by atoms with Gasteiger partial charge in [-0.15, -0.1) is 0 Å². The van der Waals surface area contributed by atoms with Crippen LogP contribution in [0.5, 0.6) is 0 Å². The fourth-order valence-electron chi connectivity index (χ4n) is 4.14. The van der Waals surface area contributed by atoms with Crippen LogP contribution in [0, 0.1) is 6.92 Å². The summed E-state index contributed by atoms with van der Waals surface area (Å²) in [7, 11) is 0. The molecule has 1 aliphatic rings. The van der Waals surface area contributed by atoms with Gasteiger partial charge in [0.15, 0.2) is 5.65 Å². The maximum absolute atomic E-state index is 4.73. The number of hydrogen-bond acceptors (Lipinski definition) is 3. The minimum absolute atomic E-state index is 0.680. The Morgan fingerprint density at radius 3 is 2.54 bits per heavy atom. The van der Waals surface area contributed by atoms with Crippen LogP contribution >= 0.6 is 0 Å². The number of nitrogens with one attached hydrogen (secondary N) is 1. The van der Waals surface area contributed by atoms with Crippen molar-refractivity contribution in [2.24, 2.45) is 0 Å². The summed E-state index contributed by atoms with van der Waals surface area (Å²) in [5.41, 5.74) is 8.06. The summed E-state index contributed by atoms with van der Waals surface area (Å²) < 4.78 is 1.88. The van der Waals surface area contributed by atoms with Crippen LogP contribution < -0.4 is 5.32 Å². The lowest BCUT2D eigenvalue weighted by molar-refractivity contribution is 0.460. The smallest absolute Gasteiger partial charge is 0.162 e. The molecule has 0 atom stereocenters. The zero-order valence-electron chi connectivity index (χ0n) is 16.1. The predicted molar refractivity (Wildman–Crippen MR) is 113 cm³/mol. The van der Waals surface area contributed by atoms with Gasteiger partial charge in [0, 0.05) is 23.5 Å². The van der Waals surface area contributed by atoms with Gasteiger partial charge in [-0.25, -0.2) is 9.50 Å². The Morgan fingerprint density at radius 2 is 1.75 bits per heavy atom. The van der Waals surface area contributed by atoms with Gasteiger partial charge in [-0.1, -0.05) is 54.1 Å². The molecule has 5 rings (SSSR count). The highest BCUT2D eigenvalue weighted by Crippen LogP contribution is 2.29. The molecule has 1 N–H and O–H groups in total. The number of benzene rings is 2. The summed E-state index contributed by atoms with van der Waals surface area (Å²) in [6.45, 7) is 4.35. The fraction of sp³-hybridized carbons (Fsp3) is 0.250. The van der Waals surface area contributed by atoms with Crippen LogP contribution in [-0.2, 0) is 0 Å². The van der Waals surface area contributed by atoms with Gasteiger partial charge in [0.05, 0.1) is 6.20 Å². The monoisotopic (exact) mass is 368 g/mol. The second-order valence-electron chi connectivity index (χ2n) is 7.68. The molecule has 1 saturated heterocycles. The molecule has 0 aliphatic carbocycles. The maximum atomic E-state index is 4.73. The largest absolute Gasteiger partial charge is 0.317 e. The van der Waals surface area contributed by atoms with Gasteiger partial charge in [-0.05, 0) is 55.5 Å². The van der Waals surface area contributed by atoms with E-state index in [4.69, 9.17) is 4.98 Å². The first-order chi connectivity index (χ1) is 13.8. The molecule has 0 saturated carbocycles. The van der Waals surface area contributed by atoms with Crippen LogP contribution in [0.15, 0.2) is 67.1 Å². The Balaban J connectivity index is 1.45. The topological polar surface area (TPSA) is 42.2 Å². The minimum Gasteiger partial charge on any atom is -0.317 e. The third-order valence-electron chi connectivity index (χ3n) is 5.74. The van der Waals surface area contributed by atoms with Gasteiger partial charge < -0.3 is 5.32 Å². The summed E-state index contributed by atoms with van der Waals surface area (Å²) in [4.78, 5) is 4.73. The Labute approximate surface area is 165 Å². The van der Waals surface area contributed by atoms with E-state index in [1.165, 1.54) is 29.5 Å². The van der Waals surface area contributed by atoms with Crippen LogP contribution in [-0.4, -0.2) is 27.7 Å². The summed E-state index contributed by atoms with van der Waals surface area (Å²) >= 11 is 0.